The molecule has 8 heavy (non-hydrogen) atoms. The summed E-state index contributed by atoms with van der Waals surface area (Å²) in [6.07, 6.45) is 1.67. The minimum Gasteiger partial charge on any atom is -0.303 e. The normalized spacial score (nSPS) is 9.25. The molecule has 0 atom stereocenters. The second-order valence-electron chi connectivity index (χ2n) is 1.41. The Hall–Kier alpha value is -0.370. The van der Waals surface area contributed by atoms with Crippen LogP contribution in [0.15, 0.2) is 0 Å². The Balaban J connectivity index is 3.35. The van der Waals surface area contributed by atoms with Crippen molar-refractivity contribution in [3.05, 3.63) is 0 Å². The van der Waals surface area contributed by atoms with Crippen molar-refractivity contribution in [1.29, 1.82) is 0 Å². The number of hydrogen-bond donors (Lipinski definition) is 0. The number of carbonyl (C=O) groups is 2. The van der Waals surface area contributed by atoms with E-state index >= 15 is 0 Å². The smallest absolute Gasteiger partial charge is 0.130 e. The molecule has 0 spiro atoms. The quantitative estimate of drug-likeness (QED) is 0.321. The molecule has 0 bridgehead atoms. The largest absolute Gasteiger partial charge is 0.303 e. The van der Waals surface area contributed by atoms with E-state index in [2.05, 4.69) is 0 Å². The van der Waals surface area contributed by atoms with Crippen molar-refractivity contribution in [2.24, 2.45) is 5.92 Å². The van der Waals surface area contributed by atoms with Gasteiger partial charge in [-0.3, -0.25) is 0 Å². The average molecular weight is 135 g/mol. The number of carbonyl (C=O) groups excluding carboxylic acids is 2. The Morgan fingerprint density at radius 3 is 2.00 bits per heavy atom. The molecule has 0 saturated heterocycles. The van der Waals surface area contributed by atoms with Crippen molar-refractivity contribution >= 4 is 24.2 Å². The van der Waals surface area contributed by atoms with Gasteiger partial charge >= 0.3 is 0 Å². The molecule has 0 rings (SSSR count). The predicted molar refractivity (Wildman–Crippen MR) is 31.0 cm³/mol. The van der Waals surface area contributed by atoms with Crippen molar-refractivity contribution in [2.75, 3.05) is 5.88 Å². The Kier molecular flexibility index (Phi) is 4.56. The molecular weight excluding hydrogens is 128 g/mol. The first kappa shape index (κ1) is 7.63. The SMILES string of the molecule is O=CC(C=O)CCCl. The number of rotatable bonds is 4. The van der Waals surface area contributed by atoms with E-state index < -0.39 is 5.92 Å². The Labute approximate surface area is 52.8 Å². The van der Waals surface area contributed by atoms with Crippen LogP contribution in [-0.4, -0.2) is 18.5 Å². The molecule has 0 aliphatic heterocycles. The van der Waals surface area contributed by atoms with Gasteiger partial charge in [-0.25, -0.2) is 0 Å². The zero-order valence-electron chi connectivity index (χ0n) is 4.34. The summed E-state index contributed by atoms with van der Waals surface area (Å²) < 4.78 is 0. The zero-order chi connectivity index (χ0) is 6.41. The van der Waals surface area contributed by atoms with E-state index in [4.69, 9.17) is 11.6 Å². The molecule has 0 unspecified atom stereocenters. The fourth-order valence-electron chi connectivity index (χ4n) is 0.294. The predicted octanol–water partition coefficient (Wildman–Crippen LogP) is 0.629. The van der Waals surface area contributed by atoms with E-state index in [0.29, 0.717) is 24.9 Å². The molecule has 0 aromatic carbocycles. The third-order valence-electron chi connectivity index (χ3n) is 0.792. The first-order chi connectivity index (χ1) is 3.85. The van der Waals surface area contributed by atoms with Gasteiger partial charge in [-0.15, -0.1) is 11.6 Å². The van der Waals surface area contributed by atoms with Gasteiger partial charge in [0, 0.05) is 5.88 Å². The Bertz CT molecular complexity index is 74.5. The average Bonchev–Trinajstić information content (AvgIpc) is 1.83. The van der Waals surface area contributed by atoms with Gasteiger partial charge in [0.05, 0.1) is 5.92 Å². The van der Waals surface area contributed by atoms with Crippen LogP contribution in [0, 0.1) is 5.92 Å². The van der Waals surface area contributed by atoms with Crippen LogP contribution in [0.5, 0.6) is 0 Å². The van der Waals surface area contributed by atoms with Crippen LogP contribution in [0.3, 0.4) is 0 Å². The first-order valence-electron chi connectivity index (χ1n) is 2.31. The minimum atomic E-state index is -0.493. The molecule has 0 saturated carbocycles. The van der Waals surface area contributed by atoms with Crippen molar-refractivity contribution in [3.8, 4) is 0 Å². The van der Waals surface area contributed by atoms with Crippen LogP contribution in [-0.2, 0) is 9.59 Å². The fraction of sp³-hybridized carbons (Fsp3) is 0.600. The summed E-state index contributed by atoms with van der Waals surface area (Å²) in [6.45, 7) is 0. The summed E-state index contributed by atoms with van der Waals surface area (Å²) in [5.41, 5.74) is 0. The molecule has 0 N–H and O–H groups in total. The molecule has 0 heterocycles. The number of hydrogen-bond acceptors (Lipinski definition) is 2. The second-order valence-corrected chi connectivity index (χ2v) is 1.79. The molecule has 0 aliphatic carbocycles. The summed E-state index contributed by atoms with van der Waals surface area (Å²) in [5.74, 6) is -0.130. The van der Waals surface area contributed by atoms with Gasteiger partial charge in [0.25, 0.3) is 0 Å². The van der Waals surface area contributed by atoms with Gasteiger partial charge < -0.3 is 9.59 Å². The Morgan fingerprint density at radius 2 is 1.88 bits per heavy atom. The molecule has 0 amide bonds. The van der Waals surface area contributed by atoms with Crippen molar-refractivity contribution < 1.29 is 9.59 Å². The van der Waals surface area contributed by atoms with E-state index in [1.165, 1.54) is 0 Å². The summed E-state index contributed by atoms with van der Waals surface area (Å²) in [5, 5.41) is 0. The summed E-state index contributed by atoms with van der Waals surface area (Å²) in [7, 11) is 0. The molecule has 0 aromatic heterocycles. The third kappa shape index (κ3) is 2.75. The maximum absolute atomic E-state index is 9.84. The number of alkyl halides is 1. The fourth-order valence-corrected chi connectivity index (χ4v) is 0.546. The van der Waals surface area contributed by atoms with Gasteiger partial charge in [-0.05, 0) is 6.42 Å². The minimum absolute atomic E-state index is 0.363. The molecule has 0 aliphatic rings. The number of halogens is 1. The van der Waals surface area contributed by atoms with Crippen molar-refractivity contribution in [2.45, 2.75) is 6.42 Å². The molecule has 2 nitrogen and oxygen atoms in total. The first-order valence-corrected chi connectivity index (χ1v) is 2.85. The lowest BCUT2D eigenvalue weighted by Crippen LogP contribution is -2.02. The lowest BCUT2D eigenvalue weighted by atomic mass is 10.1. The molecule has 0 fully saturated rings. The molecule has 0 radical (unpaired) electrons. The maximum atomic E-state index is 9.84. The lowest BCUT2D eigenvalue weighted by Gasteiger charge is -1.92. The third-order valence-corrected chi connectivity index (χ3v) is 1.01. The zero-order valence-corrected chi connectivity index (χ0v) is 5.10. The molecule has 46 valence electrons. The monoisotopic (exact) mass is 134 g/mol. The van der Waals surface area contributed by atoms with Crippen molar-refractivity contribution in [3.63, 3.8) is 0 Å². The van der Waals surface area contributed by atoms with Gasteiger partial charge in [0.1, 0.15) is 12.6 Å². The molecule has 0 aromatic rings. The summed E-state index contributed by atoms with van der Waals surface area (Å²) in [4.78, 5) is 19.7. The van der Waals surface area contributed by atoms with Crippen LogP contribution in [0.2, 0.25) is 0 Å². The standard InChI is InChI=1S/C5H7ClO2/c6-2-1-5(3-7)4-8/h3-5H,1-2H2. The topological polar surface area (TPSA) is 34.1 Å². The highest BCUT2D eigenvalue weighted by atomic mass is 35.5. The highest BCUT2D eigenvalue weighted by Gasteiger charge is 2.01. The van der Waals surface area contributed by atoms with Gasteiger partial charge in [0.2, 0.25) is 0 Å². The highest BCUT2D eigenvalue weighted by Crippen LogP contribution is 1.95. The van der Waals surface area contributed by atoms with Crippen LogP contribution in [0.1, 0.15) is 6.42 Å². The van der Waals surface area contributed by atoms with E-state index in [1.807, 2.05) is 0 Å². The van der Waals surface area contributed by atoms with E-state index in [9.17, 15) is 9.59 Å². The maximum Gasteiger partial charge on any atom is 0.130 e. The van der Waals surface area contributed by atoms with Gasteiger partial charge in [0.15, 0.2) is 0 Å². The van der Waals surface area contributed by atoms with E-state index in [-0.39, 0.29) is 0 Å². The van der Waals surface area contributed by atoms with E-state index in [1.54, 1.807) is 0 Å². The summed E-state index contributed by atoms with van der Waals surface area (Å²) in [6, 6.07) is 0. The van der Waals surface area contributed by atoms with Crippen LogP contribution in [0.4, 0.5) is 0 Å². The lowest BCUT2D eigenvalue weighted by molar-refractivity contribution is -0.119. The van der Waals surface area contributed by atoms with Crippen molar-refractivity contribution in [1.82, 2.24) is 0 Å². The van der Waals surface area contributed by atoms with Crippen LogP contribution < -0.4 is 0 Å². The van der Waals surface area contributed by atoms with Crippen LogP contribution in [0.25, 0.3) is 0 Å². The second kappa shape index (κ2) is 4.78. The molecule has 3 heteroatoms. The van der Waals surface area contributed by atoms with Crippen LogP contribution >= 0.6 is 11.6 Å². The molecular formula is C5H7ClO2. The summed E-state index contributed by atoms with van der Waals surface area (Å²) >= 11 is 5.24. The van der Waals surface area contributed by atoms with E-state index in [0.717, 1.165) is 0 Å². The van der Waals surface area contributed by atoms with Gasteiger partial charge in [-0.1, -0.05) is 0 Å². The Morgan fingerprint density at radius 1 is 1.38 bits per heavy atom. The van der Waals surface area contributed by atoms with Gasteiger partial charge in [-0.2, -0.15) is 0 Å². The number of aldehydes is 2. The highest BCUT2D eigenvalue weighted by molar-refractivity contribution is 6.18.